The molecule has 0 radical (unpaired) electrons. The first-order valence-corrected chi connectivity index (χ1v) is 9.83. The van der Waals surface area contributed by atoms with Crippen LogP contribution in [0.1, 0.15) is 36.8 Å². The highest BCUT2D eigenvalue weighted by Crippen LogP contribution is 2.20. The largest absolute Gasteiger partial charge is 0.352 e. The van der Waals surface area contributed by atoms with E-state index in [1.165, 1.54) is 48.6 Å². The first-order valence-electron chi connectivity index (χ1n) is 9.83. The Kier molecular flexibility index (Phi) is 9.27. The lowest BCUT2D eigenvalue weighted by Crippen LogP contribution is -2.26. The van der Waals surface area contributed by atoms with Crippen molar-refractivity contribution in [3.8, 4) is 0 Å². The molecule has 0 aromatic heterocycles. The van der Waals surface area contributed by atoms with Gasteiger partial charge in [0, 0.05) is 25.6 Å². The molecule has 31 heavy (non-hydrogen) atoms. The Morgan fingerprint density at radius 1 is 1.00 bits per heavy atom. The number of hydrogen-bond donors (Lipinski definition) is 1. The van der Waals surface area contributed by atoms with Crippen molar-refractivity contribution in [2.75, 3.05) is 20.7 Å². The average Bonchev–Trinajstić information content (AvgIpc) is 2.76. The second-order valence-electron chi connectivity index (χ2n) is 6.88. The van der Waals surface area contributed by atoms with Gasteiger partial charge in [-0.3, -0.25) is 14.4 Å². The molecular formula is C23H25F3N2O3. The van der Waals surface area contributed by atoms with E-state index in [2.05, 4.69) is 5.32 Å². The summed E-state index contributed by atoms with van der Waals surface area (Å²) in [5.74, 6) is -3.02. The molecule has 0 aliphatic heterocycles. The van der Waals surface area contributed by atoms with E-state index in [9.17, 15) is 22.8 Å². The maximum atomic E-state index is 13.5. The minimum absolute atomic E-state index is 0.125. The predicted octanol–water partition coefficient (Wildman–Crippen LogP) is 4.34. The van der Waals surface area contributed by atoms with Crippen molar-refractivity contribution in [1.29, 1.82) is 0 Å². The molecule has 0 bridgehead atoms. The SMILES string of the molecule is CON(C)C(=O)CCCCCNC(=O)C(=Cc1ccc(F)c(F)c1)c1ccc(F)cc1. The van der Waals surface area contributed by atoms with Gasteiger partial charge in [-0.05, 0) is 54.3 Å². The van der Waals surface area contributed by atoms with Gasteiger partial charge in [0.1, 0.15) is 5.82 Å². The summed E-state index contributed by atoms with van der Waals surface area (Å²) >= 11 is 0. The van der Waals surface area contributed by atoms with Crippen LogP contribution in [-0.4, -0.2) is 37.6 Å². The summed E-state index contributed by atoms with van der Waals surface area (Å²) < 4.78 is 40.0. The monoisotopic (exact) mass is 434 g/mol. The lowest BCUT2D eigenvalue weighted by molar-refractivity contribution is -0.168. The number of nitrogens with one attached hydrogen (secondary N) is 1. The first-order chi connectivity index (χ1) is 14.8. The van der Waals surface area contributed by atoms with Crippen LogP contribution in [0.4, 0.5) is 13.2 Å². The number of hydroxylamine groups is 2. The molecule has 8 heteroatoms. The van der Waals surface area contributed by atoms with Crippen LogP contribution < -0.4 is 5.32 Å². The number of hydrogen-bond acceptors (Lipinski definition) is 3. The minimum Gasteiger partial charge on any atom is -0.352 e. The summed E-state index contributed by atoms with van der Waals surface area (Å²) in [6, 6.07) is 8.63. The zero-order valence-corrected chi connectivity index (χ0v) is 17.5. The van der Waals surface area contributed by atoms with Gasteiger partial charge in [0.25, 0.3) is 5.91 Å². The molecule has 2 aromatic rings. The van der Waals surface area contributed by atoms with Crippen molar-refractivity contribution in [2.24, 2.45) is 0 Å². The Bertz CT molecular complexity index is 930. The van der Waals surface area contributed by atoms with Crippen LogP contribution in [0.5, 0.6) is 0 Å². The van der Waals surface area contributed by atoms with Crippen LogP contribution in [0, 0.1) is 17.5 Å². The van der Waals surface area contributed by atoms with Gasteiger partial charge in [-0.1, -0.05) is 24.6 Å². The molecule has 0 spiro atoms. The number of benzene rings is 2. The summed E-state index contributed by atoms with van der Waals surface area (Å²) in [6.07, 6.45) is 3.79. The van der Waals surface area contributed by atoms with Gasteiger partial charge in [0.05, 0.1) is 7.11 Å². The van der Waals surface area contributed by atoms with Crippen molar-refractivity contribution >= 4 is 23.5 Å². The lowest BCUT2D eigenvalue weighted by Gasteiger charge is -2.13. The van der Waals surface area contributed by atoms with E-state index in [4.69, 9.17) is 4.84 Å². The van der Waals surface area contributed by atoms with Crippen LogP contribution in [0.15, 0.2) is 42.5 Å². The number of carbonyl (C=O) groups excluding carboxylic acids is 2. The molecule has 0 saturated carbocycles. The summed E-state index contributed by atoms with van der Waals surface area (Å²) in [7, 11) is 2.96. The molecular weight excluding hydrogens is 409 g/mol. The quantitative estimate of drug-likeness (QED) is 0.262. The fourth-order valence-corrected chi connectivity index (χ4v) is 2.81. The van der Waals surface area contributed by atoms with Gasteiger partial charge >= 0.3 is 0 Å². The van der Waals surface area contributed by atoms with E-state index >= 15 is 0 Å². The van der Waals surface area contributed by atoms with Gasteiger partial charge in [0.2, 0.25) is 5.91 Å². The second kappa shape index (κ2) is 11.9. The van der Waals surface area contributed by atoms with E-state index in [0.717, 1.165) is 18.6 Å². The van der Waals surface area contributed by atoms with E-state index in [1.54, 1.807) is 7.05 Å². The Labute approximate surface area is 179 Å². The summed E-state index contributed by atoms with van der Waals surface area (Å²) in [4.78, 5) is 29.2. The van der Waals surface area contributed by atoms with Crippen molar-refractivity contribution in [3.05, 3.63) is 71.0 Å². The van der Waals surface area contributed by atoms with Crippen LogP contribution >= 0.6 is 0 Å². The molecule has 0 aliphatic carbocycles. The van der Waals surface area contributed by atoms with Crippen molar-refractivity contribution in [2.45, 2.75) is 25.7 Å². The molecule has 5 nitrogen and oxygen atoms in total. The topological polar surface area (TPSA) is 58.6 Å². The van der Waals surface area contributed by atoms with Crippen molar-refractivity contribution in [1.82, 2.24) is 10.4 Å². The Morgan fingerprint density at radius 2 is 1.71 bits per heavy atom. The van der Waals surface area contributed by atoms with Gasteiger partial charge in [0.15, 0.2) is 11.6 Å². The van der Waals surface area contributed by atoms with E-state index in [0.29, 0.717) is 36.9 Å². The number of amides is 2. The standard InChI is InChI=1S/C23H25F3N2O3/c1-28(31-2)22(29)6-4-3-5-13-27-23(30)19(17-8-10-18(24)11-9-17)14-16-7-12-20(25)21(26)15-16/h7-12,14-15H,3-6,13H2,1-2H3,(H,27,30). The second-order valence-corrected chi connectivity index (χ2v) is 6.88. The summed E-state index contributed by atoms with van der Waals surface area (Å²) in [6.45, 7) is 0.365. The molecule has 0 saturated heterocycles. The smallest absolute Gasteiger partial charge is 0.251 e. The zero-order chi connectivity index (χ0) is 22.8. The lowest BCUT2D eigenvalue weighted by atomic mass is 10.0. The molecule has 0 heterocycles. The number of nitrogens with zero attached hydrogens (tertiary/aromatic N) is 1. The molecule has 2 rings (SSSR count). The fourth-order valence-electron chi connectivity index (χ4n) is 2.81. The maximum absolute atomic E-state index is 13.5. The third-order valence-corrected chi connectivity index (χ3v) is 4.63. The normalized spacial score (nSPS) is 11.3. The van der Waals surface area contributed by atoms with E-state index < -0.39 is 23.4 Å². The highest BCUT2D eigenvalue weighted by Gasteiger charge is 2.13. The summed E-state index contributed by atoms with van der Waals surface area (Å²) in [5.41, 5.74) is 0.939. The minimum atomic E-state index is -1.03. The fraction of sp³-hybridized carbons (Fsp3) is 0.304. The third kappa shape index (κ3) is 7.57. The van der Waals surface area contributed by atoms with Crippen molar-refractivity contribution in [3.63, 3.8) is 0 Å². The Hall–Kier alpha value is -3.13. The number of rotatable bonds is 10. The van der Waals surface area contributed by atoms with Gasteiger partial charge in [-0.15, -0.1) is 0 Å². The first kappa shape index (κ1) is 24.1. The molecule has 1 N–H and O–H groups in total. The highest BCUT2D eigenvalue weighted by atomic mass is 19.2. The number of carbonyl (C=O) groups is 2. The summed E-state index contributed by atoms with van der Waals surface area (Å²) in [5, 5.41) is 3.94. The Morgan fingerprint density at radius 3 is 2.35 bits per heavy atom. The van der Waals surface area contributed by atoms with Crippen LogP contribution in [-0.2, 0) is 14.4 Å². The molecule has 0 atom stereocenters. The zero-order valence-electron chi connectivity index (χ0n) is 17.5. The predicted molar refractivity (Wildman–Crippen MR) is 112 cm³/mol. The van der Waals surface area contributed by atoms with Gasteiger partial charge in [-0.25, -0.2) is 18.2 Å². The van der Waals surface area contributed by atoms with Crippen LogP contribution in [0.2, 0.25) is 0 Å². The van der Waals surface area contributed by atoms with Gasteiger partial charge in [-0.2, -0.15) is 0 Å². The van der Waals surface area contributed by atoms with E-state index in [-0.39, 0.29) is 11.5 Å². The van der Waals surface area contributed by atoms with Crippen LogP contribution in [0.25, 0.3) is 11.6 Å². The highest BCUT2D eigenvalue weighted by molar-refractivity contribution is 6.24. The Balaban J connectivity index is 2.01. The molecule has 0 fully saturated rings. The molecule has 2 aromatic carbocycles. The van der Waals surface area contributed by atoms with Gasteiger partial charge < -0.3 is 5.32 Å². The number of unbranched alkanes of at least 4 members (excludes halogenated alkanes) is 2. The third-order valence-electron chi connectivity index (χ3n) is 4.63. The van der Waals surface area contributed by atoms with Crippen molar-refractivity contribution < 1.29 is 27.6 Å². The molecule has 0 unspecified atom stereocenters. The molecule has 166 valence electrons. The van der Waals surface area contributed by atoms with E-state index in [1.807, 2.05) is 0 Å². The average molecular weight is 434 g/mol. The molecule has 2 amide bonds. The van der Waals surface area contributed by atoms with Crippen LogP contribution in [0.3, 0.4) is 0 Å². The molecule has 0 aliphatic rings. The number of halogens is 3. The maximum Gasteiger partial charge on any atom is 0.251 e.